The van der Waals surface area contributed by atoms with Crippen molar-refractivity contribution in [3.05, 3.63) is 0 Å². The van der Waals surface area contributed by atoms with E-state index in [2.05, 4.69) is 12.2 Å². The van der Waals surface area contributed by atoms with Crippen LogP contribution < -0.4 is 5.32 Å². The normalized spacial score (nSPS) is 36.9. The lowest BCUT2D eigenvalue weighted by Crippen LogP contribution is -2.65. The maximum absolute atomic E-state index is 12.5. The van der Waals surface area contributed by atoms with Crippen molar-refractivity contribution in [3.63, 3.8) is 0 Å². The fourth-order valence-corrected chi connectivity index (χ4v) is 3.38. The number of carbonyl (C=O) groups is 2. The Balaban J connectivity index is 2.26. The lowest BCUT2D eigenvalue weighted by molar-refractivity contribution is -0.153. The molecule has 102 valence electrons. The van der Waals surface area contributed by atoms with Crippen molar-refractivity contribution in [3.8, 4) is 0 Å². The van der Waals surface area contributed by atoms with Gasteiger partial charge < -0.3 is 10.2 Å². The van der Waals surface area contributed by atoms with Crippen molar-refractivity contribution in [2.45, 2.75) is 71.0 Å². The molecule has 2 rings (SSSR count). The van der Waals surface area contributed by atoms with Crippen LogP contribution in [0.4, 0.5) is 0 Å². The minimum Gasteiger partial charge on any atom is -0.343 e. The molecule has 2 amide bonds. The molecule has 1 saturated carbocycles. The van der Waals surface area contributed by atoms with E-state index in [1.54, 1.807) is 0 Å². The number of nitrogens with one attached hydrogen (secondary N) is 1. The largest absolute Gasteiger partial charge is 0.343 e. The number of nitrogens with zero attached hydrogens (tertiary/aromatic N) is 1. The summed E-state index contributed by atoms with van der Waals surface area (Å²) in [6.45, 7) is 6.13. The van der Waals surface area contributed by atoms with E-state index in [1.165, 1.54) is 12.8 Å². The molecular weight excluding hydrogens is 228 g/mol. The van der Waals surface area contributed by atoms with Gasteiger partial charge in [-0.25, -0.2) is 0 Å². The minimum absolute atomic E-state index is 0.0306. The molecule has 1 saturated heterocycles. The first-order valence-corrected chi connectivity index (χ1v) is 7.22. The fourth-order valence-electron chi connectivity index (χ4n) is 3.38. The molecule has 0 aromatic carbocycles. The summed E-state index contributed by atoms with van der Waals surface area (Å²) in [5, 5.41) is 2.85. The van der Waals surface area contributed by atoms with E-state index in [0.29, 0.717) is 18.8 Å². The number of rotatable bonds is 3. The van der Waals surface area contributed by atoms with Crippen LogP contribution >= 0.6 is 0 Å². The molecule has 0 radical (unpaired) electrons. The summed E-state index contributed by atoms with van der Waals surface area (Å²) in [5.74, 6) is 0.678. The van der Waals surface area contributed by atoms with Gasteiger partial charge in [-0.3, -0.25) is 9.59 Å². The second-order valence-electron chi connectivity index (χ2n) is 5.61. The number of hydrogen-bond donors (Lipinski definition) is 1. The van der Waals surface area contributed by atoms with Crippen molar-refractivity contribution < 1.29 is 9.59 Å². The first kappa shape index (κ1) is 13.4. The van der Waals surface area contributed by atoms with Crippen LogP contribution in [0.1, 0.15) is 52.9 Å². The quantitative estimate of drug-likeness (QED) is 0.831. The van der Waals surface area contributed by atoms with E-state index >= 15 is 0 Å². The van der Waals surface area contributed by atoms with Crippen LogP contribution in [0.3, 0.4) is 0 Å². The number of piperazine rings is 1. The van der Waals surface area contributed by atoms with Gasteiger partial charge in [0.25, 0.3) is 0 Å². The number of hydrogen-bond acceptors (Lipinski definition) is 2. The van der Waals surface area contributed by atoms with Crippen LogP contribution in [-0.4, -0.2) is 34.8 Å². The van der Waals surface area contributed by atoms with Crippen molar-refractivity contribution in [2.75, 3.05) is 0 Å². The van der Waals surface area contributed by atoms with Gasteiger partial charge in [0.2, 0.25) is 11.8 Å². The molecule has 4 unspecified atom stereocenters. The maximum atomic E-state index is 12.5. The molecule has 1 heterocycles. The average molecular weight is 252 g/mol. The van der Waals surface area contributed by atoms with Crippen LogP contribution in [0.5, 0.6) is 0 Å². The third-order valence-electron chi connectivity index (χ3n) is 4.48. The summed E-state index contributed by atoms with van der Waals surface area (Å²) in [7, 11) is 0. The summed E-state index contributed by atoms with van der Waals surface area (Å²) in [6, 6.07) is -0.304. The van der Waals surface area contributed by atoms with Crippen LogP contribution in [0.2, 0.25) is 0 Å². The number of carbonyl (C=O) groups excluding carboxylic acids is 2. The number of amides is 2. The monoisotopic (exact) mass is 252 g/mol. The van der Waals surface area contributed by atoms with E-state index in [4.69, 9.17) is 0 Å². The van der Waals surface area contributed by atoms with Gasteiger partial charge in [0, 0.05) is 6.04 Å². The van der Waals surface area contributed by atoms with E-state index < -0.39 is 0 Å². The Morgan fingerprint density at radius 1 is 1.22 bits per heavy atom. The maximum Gasteiger partial charge on any atom is 0.246 e. The van der Waals surface area contributed by atoms with Gasteiger partial charge in [-0.1, -0.05) is 27.2 Å². The molecule has 0 spiro atoms. The zero-order valence-electron chi connectivity index (χ0n) is 11.6. The highest BCUT2D eigenvalue weighted by atomic mass is 16.2. The van der Waals surface area contributed by atoms with Crippen molar-refractivity contribution in [1.82, 2.24) is 10.2 Å². The Kier molecular flexibility index (Phi) is 3.93. The van der Waals surface area contributed by atoms with Gasteiger partial charge in [-0.2, -0.15) is 0 Å². The first-order valence-electron chi connectivity index (χ1n) is 7.22. The topological polar surface area (TPSA) is 49.4 Å². The van der Waals surface area contributed by atoms with Gasteiger partial charge in [-0.15, -0.1) is 0 Å². The predicted octanol–water partition coefficient (Wildman–Crippen LogP) is 1.69. The standard InChI is InChI=1S/C14H24N2O2/c1-4-10-14(18)16(11(5-2)13(17)15-10)12-8-6-7-9(12)3/h9-12H,4-8H2,1-3H3,(H,15,17). The van der Waals surface area contributed by atoms with Gasteiger partial charge in [0.1, 0.15) is 12.1 Å². The smallest absolute Gasteiger partial charge is 0.246 e. The molecule has 4 nitrogen and oxygen atoms in total. The Bertz CT molecular complexity index is 343. The Labute approximate surface area is 109 Å². The lowest BCUT2D eigenvalue weighted by Gasteiger charge is -2.43. The van der Waals surface area contributed by atoms with Crippen molar-refractivity contribution >= 4 is 11.8 Å². The van der Waals surface area contributed by atoms with E-state index in [0.717, 1.165) is 6.42 Å². The van der Waals surface area contributed by atoms with Crippen LogP contribution in [0.25, 0.3) is 0 Å². The van der Waals surface area contributed by atoms with Crippen LogP contribution in [-0.2, 0) is 9.59 Å². The molecule has 0 aromatic rings. The van der Waals surface area contributed by atoms with Crippen LogP contribution in [0.15, 0.2) is 0 Å². The van der Waals surface area contributed by atoms with Gasteiger partial charge in [-0.05, 0) is 31.6 Å². The van der Waals surface area contributed by atoms with Gasteiger partial charge in [0.05, 0.1) is 0 Å². The van der Waals surface area contributed by atoms with Crippen LogP contribution in [0, 0.1) is 5.92 Å². The molecule has 1 aliphatic carbocycles. The molecule has 4 atom stereocenters. The molecule has 4 heteroatoms. The second-order valence-corrected chi connectivity index (χ2v) is 5.61. The summed E-state index contributed by atoms with van der Waals surface area (Å²) in [4.78, 5) is 26.5. The summed E-state index contributed by atoms with van der Waals surface area (Å²) < 4.78 is 0. The molecule has 2 fully saturated rings. The van der Waals surface area contributed by atoms with Crippen molar-refractivity contribution in [2.24, 2.45) is 5.92 Å². The summed E-state index contributed by atoms with van der Waals surface area (Å²) in [6.07, 6.45) is 4.77. The highest BCUT2D eigenvalue weighted by molar-refractivity contribution is 5.97. The zero-order chi connectivity index (χ0) is 13.3. The fraction of sp³-hybridized carbons (Fsp3) is 0.857. The van der Waals surface area contributed by atoms with E-state index in [-0.39, 0.29) is 29.9 Å². The Morgan fingerprint density at radius 2 is 1.94 bits per heavy atom. The molecule has 1 N–H and O–H groups in total. The zero-order valence-corrected chi connectivity index (χ0v) is 11.6. The molecule has 2 aliphatic rings. The van der Waals surface area contributed by atoms with Gasteiger partial charge >= 0.3 is 0 Å². The molecule has 0 aromatic heterocycles. The lowest BCUT2D eigenvalue weighted by atomic mass is 9.96. The SMILES string of the molecule is CCC1NC(=O)C(CC)N(C2CCCC2C)C1=O. The molecular formula is C14H24N2O2. The first-order chi connectivity index (χ1) is 8.60. The molecule has 0 bridgehead atoms. The second kappa shape index (κ2) is 5.29. The van der Waals surface area contributed by atoms with Crippen molar-refractivity contribution in [1.29, 1.82) is 0 Å². The van der Waals surface area contributed by atoms with E-state index in [9.17, 15) is 9.59 Å². The Hall–Kier alpha value is -1.06. The predicted molar refractivity (Wildman–Crippen MR) is 69.9 cm³/mol. The summed E-state index contributed by atoms with van der Waals surface area (Å²) in [5.41, 5.74) is 0. The molecule has 18 heavy (non-hydrogen) atoms. The third kappa shape index (κ3) is 2.13. The van der Waals surface area contributed by atoms with Gasteiger partial charge in [0.15, 0.2) is 0 Å². The van der Waals surface area contributed by atoms with E-state index in [1.807, 2.05) is 18.7 Å². The minimum atomic E-state index is -0.312. The average Bonchev–Trinajstić information content (AvgIpc) is 2.77. The third-order valence-corrected chi connectivity index (χ3v) is 4.48. The Morgan fingerprint density at radius 3 is 2.44 bits per heavy atom. The highest BCUT2D eigenvalue weighted by Crippen LogP contribution is 2.33. The summed E-state index contributed by atoms with van der Waals surface area (Å²) >= 11 is 0. The molecule has 1 aliphatic heterocycles. The highest BCUT2D eigenvalue weighted by Gasteiger charge is 2.44.